The molecule has 2 heterocycles. The van der Waals surface area contributed by atoms with Crippen LogP contribution in [0.1, 0.15) is 12.0 Å². The van der Waals surface area contributed by atoms with Gasteiger partial charge < -0.3 is 9.88 Å². The fourth-order valence-corrected chi connectivity index (χ4v) is 2.49. The minimum absolute atomic E-state index is 0.177. The minimum atomic E-state index is -0.177. The molecule has 3 heteroatoms. The summed E-state index contributed by atoms with van der Waals surface area (Å²) in [5.74, 6) is -0.177. The number of benzene rings is 1. The Kier molecular flexibility index (Phi) is 2.48. The summed E-state index contributed by atoms with van der Waals surface area (Å²) in [5, 5.41) is 1.10. The second-order valence-electron chi connectivity index (χ2n) is 4.65. The normalized spacial score (nSPS) is 17.4. The number of hydrogen-bond donors (Lipinski definition) is 1. The van der Waals surface area contributed by atoms with Gasteiger partial charge in [-0.25, -0.2) is 4.39 Å². The quantitative estimate of drug-likeness (QED) is 0.797. The lowest BCUT2D eigenvalue weighted by Crippen LogP contribution is -2.25. The molecular formula is C14H15FN2. The van der Waals surface area contributed by atoms with Crippen molar-refractivity contribution in [2.24, 2.45) is 0 Å². The van der Waals surface area contributed by atoms with Crippen molar-refractivity contribution < 1.29 is 4.39 Å². The fraction of sp³-hybridized carbons (Fsp3) is 0.286. The van der Waals surface area contributed by atoms with E-state index in [1.807, 2.05) is 12.3 Å². The van der Waals surface area contributed by atoms with E-state index in [9.17, 15) is 4.39 Å². The molecule has 0 spiro atoms. The van der Waals surface area contributed by atoms with Crippen LogP contribution in [0.15, 0.2) is 30.5 Å². The summed E-state index contributed by atoms with van der Waals surface area (Å²) < 4.78 is 13.6. The van der Waals surface area contributed by atoms with Crippen LogP contribution < -0.4 is 0 Å². The zero-order valence-corrected chi connectivity index (χ0v) is 9.83. The van der Waals surface area contributed by atoms with Crippen molar-refractivity contribution in [1.82, 2.24) is 9.88 Å². The van der Waals surface area contributed by atoms with Crippen LogP contribution in [0.3, 0.4) is 0 Å². The highest BCUT2D eigenvalue weighted by atomic mass is 19.1. The van der Waals surface area contributed by atoms with Gasteiger partial charge in [-0.2, -0.15) is 0 Å². The van der Waals surface area contributed by atoms with E-state index in [1.165, 1.54) is 5.57 Å². The van der Waals surface area contributed by atoms with Crippen molar-refractivity contribution in [2.45, 2.75) is 6.42 Å². The second kappa shape index (κ2) is 4.00. The van der Waals surface area contributed by atoms with Crippen molar-refractivity contribution >= 4 is 16.5 Å². The van der Waals surface area contributed by atoms with Gasteiger partial charge in [-0.15, -0.1) is 0 Å². The van der Waals surface area contributed by atoms with Gasteiger partial charge >= 0.3 is 0 Å². The van der Waals surface area contributed by atoms with Gasteiger partial charge in [0.15, 0.2) is 0 Å². The van der Waals surface area contributed by atoms with Gasteiger partial charge in [-0.05, 0) is 42.8 Å². The van der Waals surface area contributed by atoms with E-state index in [-0.39, 0.29) is 5.82 Å². The van der Waals surface area contributed by atoms with Crippen LogP contribution in [0.5, 0.6) is 0 Å². The molecule has 3 rings (SSSR count). The number of likely N-dealkylation sites (N-methyl/N-ethyl adjacent to an activating group) is 1. The highest BCUT2D eigenvalue weighted by Crippen LogP contribution is 2.28. The van der Waals surface area contributed by atoms with Crippen LogP contribution >= 0.6 is 0 Å². The van der Waals surface area contributed by atoms with Crippen molar-refractivity contribution in [3.63, 3.8) is 0 Å². The lowest BCUT2D eigenvalue weighted by molar-refractivity contribution is 0.373. The number of aromatic nitrogens is 1. The van der Waals surface area contributed by atoms with E-state index in [0.717, 1.165) is 36.0 Å². The minimum Gasteiger partial charge on any atom is -0.361 e. The van der Waals surface area contributed by atoms with Crippen LogP contribution in [-0.4, -0.2) is 30.0 Å². The predicted octanol–water partition coefficient (Wildman–Crippen LogP) is 3.03. The maximum Gasteiger partial charge on any atom is 0.125 e. The fourth-order valence-electron chi connectivity index (χ4n) is 2.49. The number of fused-ring (bicyclic) bond motifs is 1. The van der Waals surface area contributed by atoms with Crippen LogP contribution in [0.25, 0.3) is 16.5 Å². The standard InChI is InChI=1S/C14H15FN2/c1-17-6-2-3-10(9-17)13-7-11(15)8-14-12(13)4-5-16-14/h3-5,7-8,16H,2,6,9H2,1H3. The molecule has 0 radical (unpaired) electrons. The Morgan fingerprint density at radius 2 is 2.24 bits per heavy atom. The third-order valence-electron chi connectivity index (χ3n) is 3.32. The molecule has 0 saturated carbocycles. The summed E-state index contributed by atoms with van der Waals surface area (Å²) in [4.78, 5) is 5.33. The lowest BCUT2D eigenvalue weighted by Gasteiger charge is -2.23. The van der Waals surface area contributed by atoms with Gasteiger partial charge in [-0.3, -0.25) is 0 Å². The number of H-pyrrole nitrogens is 1. The molecule has 1 N–H and O–H groups in total. The molecule has 2 aromatic rings. The Morgan fingerprint density at radius 1 is 1.35 bits per heavy atom. The highest BCUT2D eigenvalue weighted by molar-refractivity contribution is 5.92. The van der Waals surface area contributed by atoms with Crippen LogP contribution in [0, 0.1) is 5.82 Å². The van der Waals surface area contributed by atoms with E-state index in [2.05, 4.69) is 23.0 Å². The summed E-state index contributed by atoms with van der Waals surface area (Å²) in [6.45, 7) is 1.97. The highest BCUT2D eigenvalue weighted by Gasteiger charge is 2.14. The lowest BCUT2D eigenvalue weighted by atomic mass is 9.98. The average Bonchev–Trinajstić information content (AvgIpc) is 2.75. The number of nitrogens with one attached hydrogen (secondary N) is 1. The molecule has 0 fully saturated rings. The molecule has 1 aliphatic rings. The molecule has 0 saturated heterocycles. The molecule has 1 aromatic heterocycles. The van der Waals surface area contributed by atoms with Gasteiger partial charge in [0.25, 0.3) is 0 Å². The third-order valence-corrected chi connectivity index (χ3v) is 3.32. The monoisotopic (exact) mass is 230 g/mol. The van der Waals surface area contributed by atoms with E-state index in [4.69, 9.17) is 0 Å². The summed E-state index contributed by atoms with van der Waals surface area (Å²) in [5.41, 5.74) is 3.12. The van der Waals surface area contributed by atoms with E-state index < -0.39 is 0 Å². The zero-order chi connectivity index (χ0) is 11.8. The Balaban J connectivity index is 2.16. The third kappa shape index (κ3) is 1.87. The number of hydrogen-bond acceptors (Lipinski definition) is 1. The molecule has 2 nitrogen and oxygen atoms in total. The summed E-state index contributed by atoms with van der Waals surface area (Å²) in [6.07, 6.45) is 5.12. The molecule has 0 unspecified atom stereocenters. The number of aromatic amines is 1. The maximum absolute atomic E-state index is 13.6. The van der Waals surface area contributed by atoms with Gasteiger partial charge in [0.1, 0.15) is 5.82 Å². The largest absolute Gasteiger partial charge is 0.361 e. The summed E-state index contributed by atoms with van der Waals surface area (Å²) in [6, 6.07) is 5.20. The molecular weight excluding hydrogens is 215 g/mol. The number of rotatable bonds is 1. The smallest absolute Gasteiger partial charge is 0.125 e. The first-order valence-corrected chi connectivity index (χ1v) is 5.88. The van der Waals surface area contributed by atoms with Crippen molar-refractivity contribution in [1.29, 1.82) is 0 Å². The molecule has 0 aliphatic carbocycles. The van der Waals surface area contributed by atoms with Crippen molar-refractivity contribution in [3.8, 4) is 0 Å². The number of halogens is 1. The Bertz CT molecular complexity index is 583. The van der Waals surface area contributed by atoms with Crippen LogP contribution in [0.2, 0.25) is 0 Å². The Morgan fingerprint density at radius 3 is 3.06 bits per heavy atom. The van der Waals surface area contributed by atoms with Crippen LogP contribution in [0.4, 0.5) is 4.39 Å². The van der Waals surface area contributed by atoms with Gasteiger partial charge in [0.05, 0.1) is 0 Å². The molecule has 1 aromatic carbocycles. The number of nitrogens with zero attached hydrogens (tertiary/aromatic N) is 1. The first-order chi connectivity index (χ1) is 8.24. The summed E-state index contributed by atoms with van der Waals surface area (Å²) in [7, 11) is 2.10. The first-order valence-electron chi connectivity index (χ1n) is 5.88. The van der Waals surface area contributed by atoms with Crippen molar-refractivity contribution in [2.75, 3.05) is 20.1 Å². The van der Waals surface area contributed by atoms with E-state index in [1.54, 1.807) is 12.1 Å². The van der Waals surface area contributed by atoms with Crippen LogP contribution in [-0.2, 0) is 0 Å². The predicted molar refractivity (Wildman–Crippen MR) is 68.3 cm³/mol. The topological polar surface area (TPSA) is 19.0 Å². The maximum atomic E-state index is 13.6. The average molecular weight is 230 g/mol. The SMILES string of the molecule is CN1CCC=C(c2cc(F)cc3[nH]ccc23)C1. The molecule has 0 atom stereocenters. The second-order valence-corrected chi connectivity index (χ2v) is 4.65. The molecule has 0 bridgehead atoms. The molecule has 17 heavy (non-hydrogen) atoms. The van der Waals surface area contributed by atoms with Gasteiger partial charge in [-0.1, -0.05) is 6.08 Å². The van der Waals surface area contributed by atoms with Gasteiger partial charge in [0, 0.05) is 30.2 Å². The molecule has 0 amide bonds. The van der Waals surface area contributed by atoms with E-state index >= 15 is 0 Å². The summed E-state index contributed by atoms with van der Waals surface area (Å²) >= 11 is 0. The Hall–Kier alpha value is -1.61. The zero-order valence-electron chi connectivity index (χ0n) is 9.83. The Labute approximate surface area is 99.7 Å². The van der Waals surface area contributed by atoms with Gasteiger partial charge in [0.2, 0.25) is 0 Å². The first kappa shape index (κ1) is 10.5. The van der Waals surface area contributed by atoms with E-state index in [0.29, 0.717) is 0 Å². The van der Waals surface area contributed by atoms with Crippen molar-refractivity contribution in [3.05, 3.63) is 41.9 Å². The molecule has 88 valence electrons. The molecule has 1 aliphatic heterocycles.